The third-order valence-electron chi connectivity index (χ3n) is 4.85. The summed E-state index contributed by atoms with van der Waals surface area (Å²) in [6.07, 6.45) is 2.71. The average Bonchev–Trinajstić information content (AvgIpc) is 3.32. The van der Waals surface area contributed by atoms with Crippen LogP contribution in [0.5, 0.6) is 0 Å². The van der Waals surface area contributed by atoms with Gasteiger partial charge in [0.2, 0.25) is 5.91 Å². The summed E-state index contributed by atoms with van der Waals surface area (Å²) in [5.41, 5.74) is 0.987. The van der Waals surface area contributed by atoms with Crippen molar-refractivity contribution in [3.8, 4) is 5.69 Å². The summed E-state index contributed by atoms with van der Waals surface area (Å²) in [5, 5.41) is 11.8. The lowest BCUT2D eigenvalue weighted by molar-refractivity contribution is -0.120. The van der Waals surface area contributed by atoms with Gasteiger partial charge in [-0.15, -0.1) is 10.2 Å². The maximum absolute atomic E-state index is 12.5. The fraction of sp³-hybridized carbons (Fsp3) is 0.500. The molecule has 7 nitrogen and oxygen atoms in total. The second-order valence-corrected chi connectivity index (χ2v) is 10.7. The molecule has 144 valence electrons. The number of para-hydroxylation sites is 1. The molecule has 2 heterocycles. The molecule has 27 heavy (non-hydrogen) atoms. The van der Waals surface area contributed by atoms with Crippen LogP contribution in [-0.4, -0.2) is 51.9 Å². The molecule has 4 rings (SSSR count). The highest BCUT2D eigenvalue weighted by molar-refractivity contribution is 8.00. The van der Waals surface area contributed by atoms with E-state index < -0.39 is 15.1 Å². The van der Waals surface area contributed by atoms with Crippen molar-refractivity contribution < 1.29 is 13.2 Å². The van der Waals surface area contributed by atoms with Crippen molar-refractivity contribution >= 4 is 27.5 Å². The van der Waals surface area contributed by atoms with Crippen LogP contribution in [0.2, 0.25) is 0 Å². The summed E-state index contributed by atoms with van der Waals surface area (Å²) in [7, 11) is -3.02. The summed E-state index contributed by atoms with van der Waals surface area (Å²) >= 11 is 1.35. The molecule has 2 aromatic rings. The van der Waals surface area contributed by atoms with Crippen LogP contribution in [0.3, 0.4) is 0 Å². The van der Waals surface area contributed by atoms with Gasteiger partial charge in [-0.25, -0.2) is 8.42 Å². The van der Waals surface area contributed by atoms with Gasteiger partial charge in [-0.3, -0.25) is 9.36 Å². The zero-order chi connectivity index (χ0) is 19.0. The minimum Gasteiger partial charge on any atom is -0.351 e. The Hall–Kier alpha value is -1.87. The second-order valence-electron chi connectivity index (χ2n) is 7.15. The van der Waals surface area contributed by atoms with E-state index in [0.717, 1.165) is 24.4 Å². The third kappa shape index (κ3) is 4.19. The number of hydrogen-bond acceptors (Lipinski definition) is 6. The van der Waals surface area contributed by atoms with E-state index in [4.69, 9.17) is 0 Å². The van der Waals surface area contributed by atoms with Gasteiger partial charge < -0.3 is 5.32 Å². The minimum atomic E-state index is -3.02. The zero-order valence-electron chi connectivity index (χ0n) is 15.0. The molecule has 1 saturated carbocycles. The number of hydrogen-bond donors (Lipinski definition) is 1. The van der Waals surface area contributed by atoms with Crippen LogP contribution in [0.1, 0.15) is 37.9 Å². The smallest absolute Gasteiger partial charge is 0.233 e. The molecule has 1 aromatic heterocycles. The Balaban J connectivity index is 1.50. The first-order valence-electron chi connectivity index (χ1n) is 9.11. The largest absolute Gasteiger partial charge is 0.351 e. The Bertz CT molecular complexity index is 939. The van der Waals surface area contributed by atoms with E-state index in [1.54, 1.807) is 0 Å². The van der Waals surface area contributed by atoms with Crippen LogP contribution in [0, 0.1) is 0 Å². The van der Waals surface area contributed by atoms with Gasteiger partial charge in [0.1, 0.15) is 5.82 Å². The topological polar surface area (TPSA) is 93.9 Å². The standard InChI is InChI=1S/C18H22N4O3S2/c1-12(17(23)19-14-9-10-27(24,25)11-14)26-18-21-20-16(13-7-8-13)22(18)15-5-3-2-4-6-15/h2-6,12-14H,7-11H2,1H3,(H,19,23)/t12-,14-/m0/s1. The molecule has 1 aromatic carbocycles. The van der Waals surface area contributed by atoms with Gasteiger partial charge in [0.05, 0.1) is 16.8 Å². The lowest BCUT2D eigenvalue weighted by Gasteiger charge is -2.16. The molecular weight excluding hydrogens is 384 g/mol. The highest BCUT2D eigenvalue weighted by atomic mass is 32.2. The molecule has 2 aliphatic rings. The molecule has 0 spiro atoms. The minimum absolute atomic E-state index is 0.0299. The van der Waals surface area contributed by atoms with Crippen molar-refractivity contribution in [1.82, 2.24) is 20.1 Å². The molecule has 1 aliphatic carbocycles. The van der Waals surface area contributed by atoms with Crippen LogP contribution in [-0.2, 0) is 14.6 Å². The number of amides is 1. The number of carbonyl (C=O) groups excluding carboxylic acids is 1. The van der Waals surface area contributed by atoms with E-state index >= 15 is 0 Å². The average molecular weight is 407 g/mol. The molecule has 9 heteroatoms. The van der Waals surface area contributed by atoms with E-state index in [-0.39, 0.29) is 23.5 Å². The van der Waals surface area contributed by atoms with Crippen molar-refractivity contribution in [2.45, 2.75) is 48.6 Å². The summed E-state index contributed by atoms with van der Waals surface area (Å²) in [5.74, 6) is 1.38. The first kappa shape index (κ1) is 18.5. The van der Waals surface area contributed by atoms with Gasteiger partial charge in [0.25, 0.3) is 0 Å². The Kier molecular flexibility index (Phi) is 4.98. The molecule has 1 aliphatic heterocycles. The third-order valence-corrected chi connectivity index (χ3v) is 7.66. The number of rotatable bonds is 6. The van der Waals surface area contributed by atoms with Crippen molar-refractivity contribution in [2.75, 3.05) is 11.5 Å². The molecule has 1 N–H and O–H groups in total. The Morgan fingerprint density at radius 3 is 2.59 bits per heavy atom. The number of sulfone groups is 1. The van der Waals surface area contributed by atoms with Crippen molar-refractivity contribution in [2.24, 2.45) is 0 Å². The summed E-state index contributed by atoms with van der Waals surface area (Å²) in [4.78, 5) is 12.5. The van der Waals surface area contributed by atoms with Crippen LogP contribution in [0.4, 0.5) is 0 Å². The SMILES string of the molecule is C[C@H](Sc1nnc(C2CC2)n1-c1ccccc1)C(=O)N[C@H]1CCS(=O)(=O)C1. The summed E-state index contributed by atoms with van der Waals surface area (Å²) in [6, 6.07) is 9.62. The van der Waals surface area contributed by atoms with Gasteiger partial charge in [-0.05, 0) is 38.3 Å². The fourth-order valence-corrected chi connectivity index (χ4v) is 5.78. The quantitative estimate of drug-likeness (QED) is 0.737. The van der Waals surface area contributed by atoms with Crippen molar-refractivity contribution in [1.29, 1.82) is 0 Å². The maximum atomic E-state index is 12.5. The summed E-state index contributed by atoms with van der Waals surface area (Å²) in [6.45, 7) is 1.81. The van der Waals surface area contributed by atoms with Crippen LogP contribution in [0.25, 0.3) is 5.69 Å². The monoisotopic (exact) mass is 406 g/mol. The molecule has 0 unspecified atom stereocenters. The second kappa shape index (κ2) is 7.27. The predicted octanol–water partition coefficient (Wildman–Crippen LogP) is 1.93. The molecule has 1 amide bonds. The maximum Gasteiger partial charge on any atom is 0.233 e. The van der Waals surface area contributed by atoms with Crippen LogP contribution in [0.15, 0.2) is 35.5 Å². The van der Waals surface area contributed by atoms with Crippen LogP contribution >= 0.6 is 11.8 Å². The fourth-order valence-electron chi connectivity index (χ4n) is 3.22. The van der Waals surface area contributed by atoms with Crippen molar-refractivity contribution in [3.63, 3.8) is 0 Å². The Labute approximate surface area is 162 Å². The van der Waals surface area contributed by atoms with Gasteiger partial charge in [0, 0.05) is 17.6 Å². The molecule has 0 radical (unpaired) electrons. The first-order chi connectivity index (χ1) is 12.9. The van der Waals surface area contributed by atoms with Crippen molar-refractivity contribution in [3.05, 3.63) is 36.2 Å². The van der Waals surface area contributed by atoms with E-state index in [0.29, 0.717) is 17.5 Å². The number of aromatic nitrogens is 3. The number of nitrogens with one attached hydrogen (secondary N) is 1. The van der Waals surface area contributed by atoms with Gasteiger partial charge in [-0.2, -0.15) is 0 Å². The van der Waals surface area contributed by atoms with E-state index in [9.17, 15) is 13.2 Å². The molecule has 2 atom stereocenters. The lowest BCUT2D eigenvalue weighted by Crippen LogP contribution is -2.40. The first-order valence-corrected chi connectivity index (χ1v) is 11.8. The highest BCUT2D eigenvalue weighted by Crippen LogP contribution is 2.41. The van der Waals surface area contributed by atoms with E-state index in [2.05, 4.69) is 15.5 Å². The molecule has 1 saturated heterocycles. The normalized spacial score (nSPS) is 22.5. The predicted molar refractivity (Wildman–Crippen MR) is 104 cm³/mol. The molecular formula is C18H22N4O3S2. The van der Waals surface area contributed by atoms with Gasteiger partial charge in [0.15, 0.2) is 15.0 Å². The molecule has 2 fully saturated rings. The van der Waals surface area contributed by atoms with E-state index in [1.807, 2.05) is 41.8 Å². The number of benzene rings is 1. The lowest BCUT2D eigenvalue weighted by atomic mass is 10.2. The van der Waals surface area contributed by atoms with E-state index in [1.165, 1.54) is 11.8 Å². The number of carbonyl (C=O) groups is 1. The number of thioether (sulfide) groups is 1. The summed E-state index contributed by atoms with van der Waals surface area (Å²) < 4.78 is 25.2. The van der Waals surface area contributed by atoms with Gasteiger partial charge >= 0.3 is 0 Å². The zero-order valence-corrected chi connectivity index (χ0v) is 16.7. The van der Waals surface area contributed by atoms with Gasteiger partial charge in [-0.1, -0.05) is 30.0 Å². The Morgan fingerprint density at radius 1 is 1.22 bits per heavy atom. The number of nitrogens with zero attached hydrogens (tertiary/aromatic N) is 3. The van der Waals surface area contributed by atoms with Crippen LogP contribution < -0.4 is 5.32 Å². The molecule has 0 bridgehead atoms. The Morgan fingerprint density at radius 2 is 1.96 bits per heavy atom. The highest BCUT2D eigenvalue weighted by Gasteiger charge is 2.33.